The quantitative estimate of drug-likeness (QED) is 0.485. The summed E-state index contributed by atoms with van der Waals surface area (Å²) in [5, 5.41) is 5.87. The Labute approximate surface area is 211 Å². The highest BCUT2D eigenvalue weighted by Gasteiger charge is 2.48. The van der Waals surface area contributed by atoms with Gasteiger partial charge < -0.3 is 20.1 Å². The van der Waals surface area contributed by atoms with Crippen molar-refractivity contribution in [2.45, 2.75) is 52.2 Å². The van der Waals surface area contributed by atoms with Gasteiger partial charge in [-0.1, -0.05) is 67.1 Å². The Bertz CT molecular complexity index is 1240. The fourth-order valence-electron chi connectivity index (χ4n) is 4.56. The number of aryl methyl sites for hydroxylation is 1. The van der Waals surface area contributed by atoms with Crippen LogP contribution in [0.5, 0.6) is 0 Å². The number of nitrogens with zero attached hydrogens (tertiary/aromatic N) is 3. The Balaban J connectivity index is 1.49. The molecule has 188 valence electrons. The van der Waals surface area contributed by atoms with Gasteiger partial charge in [-0.2, -0.15) is 0 Å². The monoisotopic (exact) mass is 487 g/mol. The van der Waals surface area contributed by atoms with Crippen molar-refractivity contribution in [2.24, 2.45) is 0 Å². The van der Waals surface area contributed by atoms with Gasteiger partial charge in [-0.05, 0) is 37.8 Å². The Kier molecular flexibility index (Phi) is 7.52. The first-order valence-electron chi connectivity index (χ1n) is 12.4. The number of benzene rings is 2. The van der Waals surface area contributed by atoms with Gasteiger partial charge in [-0.25, -0.2) is 4.98 Å². The average Bonchev–Trinajstić information content (AvgIpc) is 3.30. The van der Waals surface area contributed by atoms with Gasteiger partial charge >= 0.3 is 0 Å². The molecule has 0 saturated carbocycles. The van der Waals surface area contributed by atoms with Gasteiger partial charge in [0.2, 0.25) is 5.91 Å². The van der Waals surface area contributed by atoms with Crippen LogP contribution in [0.1, 0.15) is 57.9 Å². The largest absolute Gasteiger partial charge is 0.350 e. The molecule has 0 fully saturated rings. The second-order valence-corrected chi connectivity index (χ2v) is 9.46. The zero-order valence-electron chi connectivity index (χ0n) is 21.1. The van der Waals surface area contributed by atoms with Gasteiger partial charge in [0.15, 0.2) is 5.69 Å². The molecule has 2 N–H and O–H groups in total. The first kappa shape index (κ1) is 25.2. The molecule has 0 aliphatic carbocycles. The standard InChI is InChI=1S/C28H33N5O3/c1-4-16-33-26(35)24-23(25(34)29-15-14-21-8-6-5-7-9-21)31-19-32(24)18-28(33,3)27(36)30-17-22-12-10-20(2)11-13-22/h5-13,19H,4,14-18H2,1-3H3,(H,29,34)(H,30,36). The van der Waals surface area contributed by atoms with E-state index in [9.17, 15) is 14.4 Å². The molecule has 0 spiro atoms. The molecule has 1 unspecified atom stereocenters. The fraction of sp³-hybridized carbons (Fsp3) is 0.357. The van der Waals surface area contributed by atoms with E-state index < -0.39 is 11.4 Å². The summed E-state index contributed by atoms with van der Waals surface area (Å²) in [6, 6.07) is 17.8. The molecule has 0 radical (unpaired) electrons. The zero-order chi connectivity index (χ0) is 25.7. The van der Waals surface area contributed by atoms with Gasteiger partial charge in [-0.15, -0.1) is 0 Å². The zero-order valence-corrected chi connectivity index (χ0v) is 21.1. The van der Waals surface area contributed by atoms with E-state index in [2.05, 4.69) is 15.6 Å². The second-order valence-electron chi connectivity index (χ2n) is 9.46. The molecular formula is C28H33N5O3. The van der Waals surface area contributed by atoms with Crippen LogP contribution >= 0.6 is 0 Å². The highest BCUT2D eigenvalue weighted by Crippen LogP contribution is 2.29. The molecule has 2 heterocycles. The highest BCUT2D eigenvalue weighted by molar-refractivity contribution is 6.07. The number of aromatic nitrogens is 2. The molecule has 1 aliphatic heterocycles. The average molecular weight is 488 g/mol. The molecule has 3 aromatic rings. The molecule has 8 nitrogen and oxygen atoms in total. The van der Waals surface area contributed by atoms with E-state index in [0.717, 1.165) is 16.7 Å². The third-order valence-corrected chi connectivity index (χ3v) is 6.63. The van der Waals surface area contributed by atoms with Crippen molar-refractivity contribution < 1.29 is 14.4 Å². The maximum absolute atomic E-state index is 13.6. The number of imidazole rings is 1. The van der Waals surface area contributed by atoms with Crippen LogP contribution in [0.15, 0.2) is 60.9 Å². The lowest BCUT2D eigenvalue weighted by Crippen LogP contribution is -2.64. The summed E-state index contributed by atoms with van der Waals surface area (Å²) in [4.78, 5) is 45.8. The molecule has 3 amide bonds. The number of hydrogen-bond acceptors (Lipinski definition) is 4. The number of rotatable bonds is 9. The van der Waals surface area contributed by atoms with Crippen LogP contribution in [0.25, 0.3) is 0 Å². The Morgan fingerprint density at radius 2 is 1.75 bits per heavy atom. The topological polar surface area (TPSA) is 96.3 Å². The minimum Gasteiger partial charge on any atom is -0.350 e. The van der Waals surface area contributed by atoms with Crippen molar-refractivity contribution >= 4 is 17.7 Å². The van der Waals surface area contributed by atoms with Gasteiger partial charge in [0.25, 0.3) is 11.8 Å². The van der Waals surface area contributed by atoms with Crippen LogP contribution in [0, 0.1) is 6.92 Å². The molecule has 1 aromatic heterocycles. The molecule has 1 aliphatic rings. The van der Waals surface area contributed by atoms with Crippen molar-refractivity contribution in [1.29, 1.82) is 0 Å². The lowest BCUT2D eigenvalue weighted by atomic mass is 9.93. The summed E-state index contributed by atoms with van der Waals surface area (Å²) < 4.78 is 1.63. The van der Waals surface area contributed by atoms with Crippen LogP contribution in [0.4, 0.5) is 0 Å². The van der Waals surface area contributed by atoms with Crippen LogP contribution < -0.4 is 10.6 Å². The van der Waals surface area contributed by atoms with E-state index in [1.807, 2.05) is 68.4 Å². The number of fused-ring (bicyclic) bond motifs is 1. The highest BCUT2D eigenvalue weighted by atomic mass is 16.2. The van der Waals surface area contributed by atoms with Crippen LogP contribution in [-0.2, 0) is 24.3 Å². The van der Waals surface area contributed by atoms with Crippen molar-refractivity contribution in [3.05, 3.63) is 89.0 Å². The Morgan fingerprint density at radius 3 is 2.44 bits per heavy atom. The summed E-state index contributed by atoms with van der Waals surface area (Å²) in [5.41, 5.74) is 2.46. The lowest BCUT2D eigenvalue weighted by Gasteiger charge is -2.43. The SMILES string of the molecule is CCCN1C(=O)c2c(C(=O)NCCc3ccccc3)ncn2CC1(C)C(=O)NCc1ccc(C)cc1. The minimum absolute atomic E-state index is 0.0938. The van der Waals surface area contributed by atoms with E-state index in [-0.39, 0.29) is 29.7 Å². The number of amides is 3. The van der Waals surface area contributed by atoms with Gasteiger partial charge in [0, 0.05) is 19.6 Å². The van der Waals surface area contributed by atoms with Gasteiger partial charge in [-0.3, -0.25) is 14.4 Å². The summed E-state index contributed by atoms with van der Waals surface area (Å²) >= 11 is 0. The van der Waals surface area contributed by atoms with Crippen LogP contribution in [0.2, 0.25) is 0 Å². The maximum Gasteiger partial charge on any atom is 0.273 e. The van der Waals surface area contributed by atoms with Gasteiger partial charge in [0.05, 0.1) is 12.9 Å². The van der Waals surface area contributed by atoms with Crippen molar-refractivity contribution in [2.75, 3.05) is 13.1 Å². The van der Waals surface area contributed by atoms with Crippen LogP contribution in [0.3, 0.4) is 0 Å². The number of nitrogens with one attached hydrogen (secondary N) is 2. The number of carbonyl (C=O) groups excluding carboxylic acids is 3. The Hall–Kier alpha value is -3.94. The van der Waals surface area contributed by atoms with Crippen molar-refractivity contribution in [3.63, 3.8) is 0 Å². The molecule has 1 atom stereocenters. The summed E-state index contributed by atoms with van der Waals surface area (Å²) in [7, 11) is 0. The summed E-state index contributed by atoms with van der Waals surface area (Å²) in [6.45, 7) is 7.16. The normalized spacial score (nSPS) is 17.0. The van der Waals surface area contributed by atoms with Crippen molar-refractivity contribution in [1.82, 2.24) is 25.1 Å². The minimum atomic E-state index is -1.10. The maximum atomic E-state index is 13.6. The Morgan fingerprint density at radius 1 is 1.03 bits per heavy atom. The predicted molar refractivity (Wildman–Crippen MR) is 137 cm³/mol. The van der Waals surface area contributed by atoms with Crippen molar-refractivity contribution in [3.8, 4) is 0 Å². The molecule has 8 heteroatoms. The third-order valence-electron chi connectivity index (χ3n) is 6.63. The molecule has 0 saturated heterocycles. The summed E-state index contributed by atoms with van der Waals surface area (Å²) in [5.74, 6) is -0.989. The predicted octanol–water partition coefficient (Wildman–Crippen LogP) is 3.10. The smallest absolute Gasteiger partial charge is 0.273 e. The lowest BCUT2D eigenvalue weighted by molar-refractivity contribution is -0.133. The molecule has 2 aromatic carbocycles. The van der Waals surface area contributed by atoms with E-state index in [4.69, 9.17) is 0 Å². The number of hydrogen-bond donors (Lipinski definition) is 2. The first-order chi connectivity index (χ1) is 17.3. The van der Waals surface area contributed by atoms with Gasteiger partial charge in [0.1, 0.15) is 11.2 Å². The second kappa shape index (κ2) is 10.8. The summed E-state index contributed by atoms with van der Waals surface area (Å²) in [6.07, 6.45) is 2.84. The third kappa shape index (κ3) is 5.17. The fourth-order valence-corrected chi connectivity index (χ4v) is 4.56. The molecule has 0 bridgehead atoms. The van der Waals surface area contributed by atoms with E-state index in [1.165, 1.54) is 6.33 Å². The first-order valence-corrected chi connectivity index (χ1v) is 12.4. The number of carbonyl (C=O) groups is 3. The van der Waals surface area contributed by atoms with E-state index in [0.29, 0.717) is 32.5 Å². The molecule has 36 heavy (non-hydrogen) atoms. The molecule has 4 rings (SSSR count). The van der Waals surface area contributed by atoms with E-state index in [1.54, 1.807) is 16.4 Å². The van der Waals surface area contributed by atoms with E-state index >= 15 is 0 Å². The van der Waals surface area contributed by atoms with Crippen LogP contribution in [-0.4, -0.2) is 50.8 Å². The molecular weight excluding hydrogens is 454 g/mol.